The van der Waals surface area contributed by atoms with Gasteiger partial charge in [-0.2, -0.15) is 0 Å². The van der Waals surface area contributed by atoms with Gasteiger partial charge >= 0.3 is 11.2 Å². The van der Waals surface area contributed by atoms with E-state index in [-0.39, 0.29) is 34.3 Å². The number of pyridine rings is 2. The van der Waals surface area contributed by atoms with Crippen molar-refractivity contribution in [2.45, 2.75) is 26.7 Å². The van der Waals surface area contributed by atoms with Crippen LogP contribution in [0.2, 0.25) is 0 Å². The average Bonchev–Trinajstić information content (AvgIpc) is 2.79. The first-order valence-electron chi connectivity index (χ1n) is 10.4. The second-order valence-corrected chi connectivity index (χ2v) is 7.95. The number of aromatic hydroxyl groups is 1. The normalized spacial score (nSPS) is 11.3. The van der Waals surface area contributed by atoms with Crippen LogP contribution in [0.5, 0.6) is 11.5 Å². The molecule has 0 atom stereocenters. The van der Waals surface area contributed by atoms with Gasteiger partial charge in [-0.15, -0.1) is 0 Å². The van der Waals surface area contributed by atoms with E-state index in [1.165, 1.54) is 25.6 Å². The summed E-state index contributed by atoms with van der Waals surface area (Å²) in [6.07, 6.45) is 1.28. The third-order valence-electron chi connectivity index (χ3n) is 5.47. The van der Waals surface area contributed by atoms with Gasteiger partial charge in [0.15, 0.2) is 11.5 Å². The smallest absolute Gasteiger partial charge is 0.376 e. The fourth-order valence-corrected chi connectivity index (χ4v) is 3.89. The molecule has 12 heteroatoms. The van der Waals surface area contributed by atoms with E-state index in [0.29, 0.717) is 5.69 Å². The number of fused-ring (bicyclic) bond motifs is 1. The van der Waals surface area contributed by atoms with Gasteiger partial charge in [0, 0.05) is 0 Å². The molecule has 0 unspecified atom stereocenters. The molecule has 0 aliphatic rings. The molecule has 180 valence electrons. The quantitative estimate of drug-likeness (QED) is 0.330. The zero-order valence-electron chi connectivity index (χ0n) is 19.0. The Morgan fingerprint density at radius 3 is 2.54 bits per heavy atom. The summed E-state index contributed by atoms with van der Waals surface area (Å²) < 4.78 is 36.0. The van der Waals surface area contributed by atoms with Crippen LogP contribution in [0.3, 0.4) is 0 Å². The number of hydrogen-bond donors (Lipinski definition) is 1. The Balaban J connectivity index is 2.27. The molecule has 35 heavy (non-hydrogen) atoms. The van der Waals surface area contributed by atoms with E-state index in [1.54, 1.807) is 20.8 Å². The standard InChI is InChI=1S/C23H19F2N5O5/c1-10(2)17-19(11(3)26-9-27-17)29-22-12(21(31)20(23(29)32)30(33)34)8-14(25)18(28-22)16-13(24)6-5-7-15(16)35-4/h5-10,31H,1-4H3. The Morgan fingerprint density at radius 2 is 1.91 bits per heavy atom. The Labute approximate surface area is 196 Å². The summed E-state index contributed by atoms with van der Waals surface area (Å²) in [5.74, 6) is -3.30. The van der Waals surface area contributed by atoms with E-state index in [2.05, 4.69) is 15.0 Å². The molecule has 4 aromatic rings. The van der Waals surface area contributed by atoms with Crippen molar-refractivity contribution < 1.29 is 23.5 Å². The highest BCUT2D eigenvalue weighted by Crippen LogP contribution is 2.38. The Bertz CT molecular complexity index is 1570. The fraction of sp³-hybridized carbons (Fsp3) is 0.217. The number of nitrogens with zero attached hydrogens (tertiary/aromatic N) is 5. The van der Waals surface area contributed by atoms with Crippen LogP contribution in [0, 0.1) is 28.7 Å². The predicted octanol–water partition coefficient (Wildman–Crippen LogP) is 4.18. The molecule has 0 saturated heterocycles. The number of aromatic nitrogens is 4. The van der Waals surface area contributed by atoms with Crippen LogP contribution >= 0.6 is 0 Å². The first-order valence-corrected chi connectivity index (χ1v) is 10.4. The summed E-state index contributed by atoms with van der Waals surface area (Å²) in [5, 5.41) is 21.8. The highest BCUT2D eigenvalue weighted by molar-refractivity contribution is 5.90. The van der Waals surface area contributed by atoms with Crippen LogP contribution in [0.25, 0.3) is 28.0 Å². The van der Waals surface area contributed by atoms with Crippen molar-refractivity contribution in [3.05, 3.63) is 74.1 Å². The molecule has 0 aliphatic carbocycles. The lowest BCUT2D eigenvalue weighted by Gasteiger charge is -2.18. The summed E-state index contributed by atoms with van der Waals surface area (Å²) in [6, 6.07) is 4.60. The van der Waals surface area contributed by atoms with Gasteiger partial charge in [0.05, 0.1) is 40.1 Å². The SMILES string of the molecule is COc1cccc(F)c1-c1nc2c(cc1F)c(O)c([N+](=O)[O-])c(=O)n2-c1c(C)ncnc1C(C)C. The van der Waals surface area contributed by atoms with Crippen LogP contribution in [0.15, 0.2) is 35.4 Å². The number of methoxy groups -OCH3 is 1. The second kappa shape index (κ2) is 8.70. The van der Waals surface area contributed by atoms with Crippen molar-refractivity contribution in [1.29, 1.82) is 0 Å². The number of benzene rings is 1. The Kier molecular flexibility index (Phi) is 5.89. The van der Waals surface area contributed by atoms with Gasteiger partial charge in [0.1, 0.15) is 23.6 Å². The molecule has 0 bridgehead atoms. The number of aryl methyl sites for hydroxylation is 1. The topological polar surface area (TPSA) is 133 Å². The van der Waals surface area contributed by atoms with Crippen molar-refractivity contribution >= 4 is 16.7 Å². The minimum atomic E-state index is -1.23. The van der Waals surface area contributed by atoms with Gasteiger partial charge < -0.3 is 9.84 Å². The molecule has 0 amide bonds. The van der Waals surface area contributed by atoms with Crippen molar-refractivity contribution in [1.82, 2.24) is 19.5 Å². The van der Waals surface area contributed by atoms with Crippen molar-refractivity contribution in [3.63, 3.8) is 0 Å². The summed E-state index contributed by atoms with van der Waals surface area (Å²) in [7, 11) is 1.27. The largest absolute Gasteiger partial charge is 0.501 e. The monoisotopic (exact) mass is 483 g/mol. The van der Waals surface area contributed by atoms with Gasteiger partial charge in [-0.05, 0) is 31.0 Å². The highest BCUT2D eigenvalue weighted by Gasteiger charge is 2.31. The molecule has 0 spiro atoms. The summed E-state index contributed by atoms with van der Waals surface area (Å²) in [5.41, 5.74) is -2.87. The maximum Gasteiger partial charge on any atom is 0.376 e. The molecular formula is C23H19F2N5O5. The van der Waals surface area contributed by atoms with E-state index in [1.807, 2.05) is 0 Å². The zero-order valence-corrected chi connectivity index (χ0v) is 19.0. The number of rotatable bonds is 5. The predicted molar refractivity (Wildman–Crippen MR) is 122 cm³/mol. The second-order valence-electron chi connectivity index (χ2n) is 7.95. The van der Waals surface area contributed by atoms with Gasteiger partial charge in [-0.1, -0.05) is 19.9 Å². The van der Waals surface area contributed by atoms with Gasteiger partial charge in [0.25, 0.3) is 0 Å². The van der Waals surface area contributed by atoms with Crippen molar-refractivity contribution in [2.75, 3.05) is 7.11 Å². The molecule has 1 aromatic carbocycles. The van der Waals surface area contributed by atoms with Gasteiger partial charge in [-0.3, -0.25) is 19.5 Å². The first kappa shape index (κ1) is 23.7. The van der Waals surface area contributed by atoms with Crippen LogP contribution < -0.4 is 10.3 Å². The van der Waals surface area contributed by atoms with Crippen LogP contribution in [0.4, 0.5) is 14.5 Å². The Morgan fingerprint density at radius 1 is 1.20 bits per heavy atom. The number of ether oxygens (including phenoxy) is 1. The Hall–Kier alpha value is -4.48. The van der Waals surface area contributed by atoms with Gasteiger partial charge in [-0.25, -0.2) is 23.7 Å². The van der Waals surface area contributed by atoms with E-state index in [0.717, 1.165) is 16.7 Å². The molecule has 10 nitrogen and oxygen atoms in total. The molecule has 1 N–H and O–H groups in total. The van der Waals surface area contributed by atoms with Crippen LogP contribution in [0.1, 0.15) is 31.2 Å². The van der Waals surface area contributed by atoms with Crippen LogP contribution in [-0.4, -0.2) is 36.7 Å². The summed E-state index contributed by atoms with van der Waals surface area (Å²) in [6.45, 7) is 5.14. The van der Waals surface area contributed by atoms with E-state index >= 15 is 4.39 Å². The molecule has 0 saturated carbocycles. The highest BCUT2D eigenvalue weighted by atomic mass is 19.1. The van der Waals surface area contributed by atoms with E-state index in [4.69, 9.17) is 4.74 Å². The fourth-order valence-electron chi connectivity index (χ4n) is 3.89. The third kappa shape index (κ3) is 3.72. The summed E-state index contributed by atoms with van der Waals surface area (Å²) in [4.78, 5) is 36.5. The van der Waals surface area contributed by atoms with E-state index in [9.17, 15) is 24.4 Å². The zero-order chi connectivity index (χ0) is 25.6. The van der Waals surface area contributed by atoms with Gasteiger partial charge in [0.2, 0.25) is 5.75 Å². The maximum atomic E-state index is 15.3. The molecular weight excluding hydrogens is 464 g/mol. The number of halogens is 2. The minimum Gasteiger partial charge on any atom is -0.501 e. The van der Waals surface area contributed by atoms with Crippen LogP contribution in [-0.2, 0) is 0 Å². The molecule has 0 aliphatic heterocycles. The maximum absolute atomic E-state index is 15.3. The number of hydrogen-bond acceptors (Lipinski definition) is 8. The van der Waals surface area contributed by atoms with E-state index < -0.39 is 44.6 Å². The van der Waals surface area contributed by atoms with Crippen molar-refractivity contribution in [2.24, 2.45) is 0 Å². The lowest BCUT2D eigenvalue weighted by Crippen LogP contribution is -2.25. The molecule has 0 radical (unpaired) electrons. The summed E-state index contributed by atoms with van der Waals surface area (Å²) >= 11 is 0. The molecule has 4 rings (SSSR count). The third-order valence-corrected chi connectivity index (χ3v) is 5.47. The minimum absolute atomic E-state index is 0.0297. The lowest BCUT2D eigenvalue weighted by atomic mass is 10.1. The molecule has 3 heterocycles. The average molecular weight is 483 g/mol. The molecule has 0 fully saturated rings. The van der Waals surface area contributed by atoms with Crippen molar-refractivity contribution in [3.8, 4) is 28.4 Å². The lowest BCUT2D eigenvalue weighted by molar-refractivity contribution is -0.387. The molecule has 3 aromatic heterocycles. The number of nitro groups is 1. The first-order chi connectivity index (χ1) is 16.6.